The molecule has 0 spiro atoms. The van der Waals surface area contributed by atoms with Crippen LogP contribution in [0.2, 0.25) is 0 Å². The van der Waals surface area contributed by atoms with Crippen LogP contribution in [0.25, 0.3) is 0 Å². The standard InChI is InChI=1S/C32H41N3O5S/c1-6-25(4)33-32(37)30(21-26-11-9-8-10-12-26)34(22-27-15-13-24(3)14-16-27)31(36)23-35(41(5,38)39)28-17-19-29(20-18-28)40-7-2/h8-20,25,30H,6-7,21-23H2,1-5H3,(H,33,37)/t25-,30-/m0/s1. The SMILES string of the molecule is CCOc1ccc(N(CC(=O)N(Cc2ccc(C)cc2)[C@@H](Cc2ccccc2)C(=O)N[C@@H](C)CC)S(C)(=O)=O)cc1. The van der Waals surface area contributed by atoms with Gasteiger partial charge in [-0.2, -0.15) is 0 Å². The average molecular weight is 580 g/mol. The number of benzene rings is 3. The van der Waals surface area contributed by atoms with E-state index in [1.807, 2.05) is 82.3 Å². The molecular formula is C32H41N3O5S. The lowest BCUT2D eigenvalue weighted by Crippen LogP contribution is -2.54. The monoisotopic (exact) mass is 579 g/mol. The summed E-state index contributed by atoms with van der Waals surface area (Å²) < 4.78 is 32.4. The number of nitrogens with one attached hydrogen (secondary N) is 1. The molecule has 220 valence electrons. The van der Waals surface area contributed by atoms with Crippen LogP contribution in [0.4, 0.5) is 5.69 Å². The second-order valence-corrected chi connectivity index (χ2v) is 12.1. The van der Waals surface area contributed by atoms with Crippen molar-refractivity contribution >= 4 is 27.5 Å². The zero-order valence-electron chi connectivity index (χ0n) is 24.5. The van der Waals surface area contributed by atoms with E-state index in [4.69, 9.17) is 4.74 Å². The zero-order chi connectivity index (χ0) is 30.0. The van der Waals surface area contributed by atoms with Crippen LogP contribution in [-0.4, -0.2) is 56.6 Å². The first-order valence-electron chi connectivity index (χ1n) is 13.9. The molecule has 0 aromatic heterocycles. The third-order valence-corrected chi connectivity index (χ3v) is 8.00. The summed E-state index contributed by atoms with van der Waals surface area (Å²) in [5.74, 6) is -0.164. The fraction of sp³-hybridized carbons (Fsp3) is 0.375. The van der Waals surface area contributed by atoms with Crippen molar-refractivity contribution in [3.63, 3.8) is 0 Å². The number of aryl methyl sites for hydroxylation is 1. The molecule has 0 aliphatic carbocycles. The van der Waals surface area contributed by atoms with Gasteiger partial charge in [0.15, 0.2) is 0 Å². The molecule has 3 aromatic rings. The Kier molecular flexibility index (Phi) is 11.3. The minimum absolute atomic E-state index is 0.0894. The van der Waals surface area contributed by atoms with E-state index in [2.05, 4.69) is 5.32 Å². The largest absolute Gasteiger partial charge is 0.494 e. The van der Waals surface area contributed by atoms with Gasteiger partial charge in [-0.1, -0.05) is 67.1 Å². The van der Waals surface area contributed by atoms with E-state index in [1.54, 1.807) is 24.3 Å². The van der Waals surface area contributed by atoms with Crippen LogP contribution in [0.1, 0.15) is 43.9 Å². The van der Waals surface area contributed by atoms with Gasteiger partial charge in [0.25, 0.3) is 0 Å². The third-order valence-electron chi connectivity index (χ3n) is 6.86. The summed E-state index contributed by atoms with van der Waals surface area (Å²) in [7, 11) is -3.83. The van der Waals surface area contributed by atoms with Gasteiger partial charge in [-0.3, -0.25) is 13.9 Å². The van der Waals surface area contributed by atoms with Gasteiger partial charge in [0, 0.05) is 19.0 Å². The maximum Gasteiger partial charge on any atom is 0.244 e. The first-order valence-corrected chi connectivity index (χ1v) is 15.8. The van der Waals surface area contributed by atoms with E-state index in [0.717, 1.165) is 33.7 Å². The Labute approximate surface area is 244 Å². The molecule has 0 bridgehead atoms. The van der Waals surface area contributed by atoms with E-state index in [9.17, 15) is 18.0 Å². The van der Waals surface area contributed by atoms with Crippen molar-refractivity contribution in [2.45, 2.75) is 59.2 Å². The molecule has 1 N–H and O–H groups in total. The van der Waals surface area contributed by atoms with Crippen molar-refractivity contribution in [3.05, 3.63) is 95.6 Å². The minimum Gasteiger partial charge on any atom is -0.494 e. The number of hydrogen-bond acceptors (Lipinski definition) is 5. The number of carbonyl (C=O) groups is 2. The molecule has 0 heterocycles. The van der Waals surface area contributed by atoms with Crippen molar-refractivity contribution in [3.8, 4) is 5.75 Å². The van der Waals surface area contributed by atoms with E-state index in [0.29, 0.717) is 18.0 Å². The number of rotatable bonds is 14. The molecule has 8 nitrogen and oxygen atoms in total. The van der Waals surface area contributed by atoms with Crippen molar-refractivity contribution in [1.29, 1.82) is 0 Å². The minimum atomic E-state index is -3.83. The summed E-state index contributed by atoms with van der Waals surface area (Å²) in [5, 5.41) is 3.03. The second-order valence-electron chi connectivity index (χ2n) is 10.2. The first kappa shape index (κ1) is 31.7. The number of ether oxygens (including phenoxy) is 1. The third kappa shape index (κ3) is 9.35. The molecule has 3 aromatic carbocycles. The van der Waals surface area contributed by atoms with E-state index < -0.39 is 28.5 Å². The second kappa shape index (κ2) is 14.7. The van der Waals surface area contributed by atoms with E-state index in [1.165, 1.54) is 4.90 Å². The molecule has 0 aliphatic rings. The van der Waals surface area contributed by atoms with Gasteiger partial charge in [0.2, 0.25) is 21.8 Å². The number of amides is 2. The molecule has 0 radical (unpaired) electrons. The van der Waals surface area contributed by atoms with Gasteiger partial charge in [-0.25, -0.2) is 8.42 Å². The lowest BCUT2D eigenvalue weighted by molar-refractivity contribution is -0.140. The summed E-state index contributed by atoms with van der Waals surface area (Å²) >= 11 is 0. The van der Waals surface area contributed by atoms with Crippen LogP contribution in [0, 0.1) is 6.92 Å². The smallest absolute Gasteiger partial charge is 0.244 e. The molecule has 0 unspecified atom stereocenters. The van der Waals surface area contributed by atoms with Crippen LogP contribution < -0.4 is 14.4 Å². The summed E-state index contributed by atoms with van der Waals surface area (Å²) in [6.45, 7) is 7.90. The highest BCUT2D eigenvalue weighted by molar-refractivity contribution is 7.92. The van der Waals surface area contributed by atoms with Crippen LogP contribution in [-0.2, 0) is 32.6 Å². The molecule has 41 heavy (non-hydrogen) atoms. The highest BCUT2D eigenvalue weighted by atomic mass is 32.2. The highest BCUT2D eigenvalue weighted by Crippen LogP contribution is 2.23. The molecule has 2 amide bonds. The average Bonchev–Trinajstić information content (AvgIpc) is 2.95. The van der Waals surface area contributed by atoms with Crippen LogP contribution >= 0.6 is 0 Å². The predicted molar refractivity (Wildman–Crippen MR) is 163 cm³/mol. The summed E-state index contributed by atoms with van der Waals surface area (Å²) in [4.78, 5) is 29.3. The van der Waals surface area contributed by atoms with Crippen molar-refractivity contribution in [2.75, 3.05) is 23.7 Å². The topological polar surface area (TPSA) is 96.0 Å². The fourth-order valence-corrected chi connectivity index (χ4v) is 5.22. The summed E-state index contributed by atoms with van der Waals surface area (Å²) in [6, 6.07) is 22.9. The van der Waals surface area contributed by atoms with Crippen molar-refractivity contribution in [1.82, 2.24) is 10.2 Å². The Hall–Kier alpha value is -3.85. The van der Waals surface area contributed by atoms with Crippen molar-refractivity contribution in [2.24, 2.45) is 0 Å². The number of nitrogens with zero attached hydrogens (tertiary/aromatic N) is 2. The fourth-order valence-electron chi connectivity index (χ4n) is 4.37. The van der Waals surface area contributed by atoms with Gasteiger partial charge >= 0.3 is 0 Å². The maximum atomic E-state index is 14.1. The predicted octanol–water partition coefficient (Wildman–Crippen LogP) is 4.71. The first-order chi connectivity index (χ1) is 19.5. The Balaban J connectivity index is 2.03. The number of anilines is 1. The quantitative estimate of drug-likeness (QED) is 0.298. The molecule has 0 aliphatic heterocycles. The lowest BCUT2D eigenvalue weighted by Gasteiger charge is -2.34. The highest BCUT2D eigenvalue weighted by Gasteiger charge is 2.33. The molecular weight excluding hydrogens is 538 g/mol. The Morgan fingerprint density at radius 3 is 2.10 bits per heavy atom. The van der Waals surface area contributed by atoms with E-state index >= 15 is 0 Å². The molecule has 0 fully saturated rings. The maximum absolute atomic E-state index is 14.1. The number of hydrogen-bond donors (Lipinski definition) is 1. The van der Waals surface area contributed by atoms with Gasteiger partial charge < -0.3 is 15.0 Å². The van der Waals surface area contributed by atoms with Gasteiger partial charge in [-0.15, -0.1) is 0 Å². The molecule has 3 rings (SSSR count). The van der Waals surface area contributed by atoms with Gasteiger partial charge in [0.1, 0.15) is 18.3 Å². The molecule has 0 saturated carbocycles. The summed E-state index contributed by atoms with van der Waals surface area (Å²) in [5.41, 5.74) is 3.14. The van der Waals surface area contributed by atoms with Crippen molar-refractivity contribution < 1.29 is 22.7 Å². The van der Waals surface area contributed by atoms with Gasteiger partial charge in [-0.05, 0) is 62.6 Å². The van der Waals surface area contributed by atoms with Crippen LogP contribution in [0.3, 0.4) is 0 Å². The lowest BCUT2D eigenvalue weighted by atomic mass is 10.0. The van der Waals surface area contributed by atoms with E-state index in [-0.39, 0.29) is 24.9 Å². The number of carbonyl (C=O) groups excluding carboxylic acids is 2. The zero-order valence-corrected chi connectivity index (χ0v) is 25.4. The molecule has 9 heteroatoms. The summed E-state index contributed by atoms with van der Waals surface area (Å²) in [6.07, 6.45) is 2.08. The van der Waals surface area contributed by atoms with Crippen LogP contribution in [0.15, 0.2) is 78.9 Å². The normalized spacial score (nSPS) is 12.7. The Morgan fingerprint density at radius 2 is 1.54 bits per heavy atom. The Bertz CT molecular complexity index is 1380. The molecule has 0 saturated heterocycles. The van der Waals surface area contributed by atoms with Gasteiger partial charge in [0.05, 0.1) is 18.6 Å². The van der Waals surface area contributed by atoms with Crippen LogP contribution in [0.5, 0.6) is 5.75 Å². The molecule has 2 atom stereocenters. The number of sulfonamides is 1. The Morgan fingerprint density at radius 1 is 0.902 bits per heavy atom.